The first-order valence-electron chi connectivity index (χ1n) is 6.36. The number of anilines is 1. The predicted octanol–water partition coefficient (Wildman–Crippen LogP) is 3.16. The molecular formula is C14H18ClNO3. The quantitative estimate of drug-likeness (QED) is 0.891. The fourth-order valence-electron chi connectivity index (χ4n) is 2.61. The summed E-state index contributed by atoms with van der Waals surface area (Å²) in [4.78, 5) is 11.7. The third kappa shape index (κ3) is 3.01. The van der Waals surface area contributed by atoms with Gasteiger partial charge in [-0.05, 0) is 31.4 Å². The van der Waals surface area contributed by atoms with Gasteiger partial charge in [0.25, 0.3) is 0 Å². The van der Waals surface area contributed by atoms with E-state index >= 15 is 0 Å². The van der Waals surface area contributed by atoms with Crippen molar-refractivity contribution in [3.05, 3.63) is 29.3 Å². The Morgan fingerprint density at radius 2 is 2.26 bits per heavy atom. The maximum atomic E-state index is 11.7. The Balaban J connectivity index is 2.25. The molecule has 1 aliphatic rings. The maximum Gasteiger partial charge on any atom is 0.329 e. The van der Waals surface area contributed by atoms with Gasteiger partial charge in [-0.15, -0.1) is 0 Å². The highest BCUT2D eigenvalue weighted by atomic mass is 35.5. The summed E-state index contributed by atoms with van der Waals surface area (Å²) in [6, 6.07) is 7.19. The van der Waals surface area contributed by atoms with Gasteiger partial charge in [0.1, 0.15) is 5.54 Å². The summed E-state index contributed by atoms with van der Waals surface area (Å²) >= 11 is 6.09. The largest absolute Gasteiger partial charge is 0.480 e. The van der Waals surface area contributed by atoms with Crippen LogP contribution < -0.4 is 5.32 Å². The first-order chi connectivity index (χ1) is 9.07. The molecule has 5 heteroatoms. The van der Waals surface area contributed by atoms with Crippen LogP contribution in [0.5, 0.6) is 0 Å². The van der Waals surface area contributed by atoms with E-state index in [1.165, 1.54) is 0 Å². The molecule has 0 amide bonds. The van der Waals surface area contributed by atoms with Gasteiger partial charge in [-0.1, -0.05) is 23.7 Å². The van der Waals surface area contributed by atoms with Crippen LogP contribution in [-0.2, 0) is 9.53 Å². The molecule has 0 saturated heterocycles. The Labute approximate surface area is 117 Å². The van der Waals surface area contributed by atoms with Crippen LogP contribution in [0.4, 0.5) is 5.69 Å². The topological polar surface area (TPSA) is 58.6 Å². The minimum atomic E-state index is -0.996. The number of rotatable bonds is 4. The molecule has 2 rings (SSSR count). The second kappa shape index (κ2) is 5.80. The van der Waals surface area contributed by atoms with E-state index in [1.54, 1.807) is 19.2 Å². The number of carboxylic acid groups (broad SMARTS) is 1. The Hall–Kier alpha value is -1.26. The van der Waals surface area contributed by atoms with Gasteiger partial charge in [-0.25, -0.2) is 4.79 Å². The van der Waals surface area contributed by atoms with Gasteiger partial charge in [0.15, 0.2) is 0 Å². The second-order valence-corrected chi connectivity index (χ2v) is 5.35. The van der Waals surface area contributed by atoms with E-state index < -0.39 is 11.5 Å². The fraction of sp³-hybridized carbons (Fsp3) is 0.500. The van der Waals surface area contributed by atoms with Crippen molar-refractivity contribution in [3.8, 4) is 0 Å². The summed E-state index contributed by atoms with van der Waals surface area (Å²) in [5.74, 6) is -0.853. The normalized spacial score (nSPS) is 26.9. The van der Waals surface area contributed by atoms with Crippen molar-refractivity contribution in [1.82, 2.24) is 0 Å². The molecule has 0 aliphatic heterocycles. The molecule has 4 nitrogen and oxygen atoms in total. The summed E-state index contributed by atoms with van der Waals surface area (Å²) in [5.41, 5.74) is -0.340. The number of halogens is 1. The number of carbonyl (C=O) groups is 1. The Morgan fingerprint density at radius 1 is 1.53 bits per heavy atom. The molecule has 0 aromatic heterocycles. The zero-order chi connectivity index (χ0) is 13.9. The number of aliphatic carboxylic acids is 1. The molecule has 0 spiro atoms. The minimum Gasteiger partial charge on any atom is -0.480 e. The smallest absolute Gasteiger partial charge is 0.329 e. The number of hydrogen-bond donors (Lipinski definition) is 2. The molecule has 1 aromatic carbocycles. The van der Waals surface area contributed by atoms with Crippen LogP contribution in [0.2, 0.25) is 5.02 Å². The lowest BCUT2D eigenvalue weighted by Gasteiger charge is -2.38. The zero-order valence-electron chi connectivity index (χ0n) is 10.9. The third-order valence-corrected chi connectivity index (χ3v) is 4.03. The summed E-state index contributed by atoms with van der Waals surface area (Å²) < 4.78 is 5.33. The monoisotopic (exact) mass is 283 g/mol. The summed E-state index contributed by atoms with van der Waals surface area (Å²) in [7, 11) is 1.62. The highest BCUT2D eigenvalue weighted by Crippen LogP contribution is 2.35. The van der Waals surface area contributed by atoms with Gasteiger partial charge < -0.3 is 15.2 Å². The van der Waals surface area contributed by atoms with Gasteiger partial charge in [0.2, 0.25) is 0 Å². The molecule has 1 saturated carbocycles. The Bertz CT molecular complexity index is 466. The molecule has 0 heterocycles. The summed E-state index contributed by atoms with van der Waals surface area (Å²) in [6.07, 6.45) is 2.72. The van der Waals surface area contributed by atoms with Crippen molar-refractivity contribution in [3.63, 3.8) is 0 Å². The predicted molar refractivity (Wildman–Crippen MR) is 74.7 cm³/mol. The van der Waals surface area contributed by atoms with E-state index in [0.717, 1.165) is 12.8 Å². The van der Waals surface area contributed by atoms with E-state index in [-0.39, 0.29) is 6.10 Å². The van der Waals surface area contributed by atoms with Crippen molar-refractivity contribution in [1.29, 1.82) is 0 Å². The van der Waals surface area contributed by atoms with Crippen molar-refractivity contribution in [2.24, 2.45) is 0 Å². The van der Waals surface area contributed by atoms with Crippen molar-refractivity contribution in [2.75, 3.05) is 12.4 Å². The molecular weight excluding hydrogens is 266 g/mol. The molecule has 2 unspecified atom stereocenters. The van der Waals surface area contributed by atoms with Crippen molar-refractivity contribution in [2.45, 2.75) is 37.3 Å². The molecule has 1 aliphatic carbocycles. The highest BCUT2D eigenvalue weighted by molar-refractivity contribution is 6.33. The Morgan fingerprint density at radius 3 is 2.89 bits per heavy atom. The van der Waals surface area contributed by atoms with Crippen LogP contribution in [0.3, 0.4) is 0 Å². The average Bonchev–Trinajstić information content (AvgIpc) is 2.41. The number of methoxy groups -OCH3 is 1. The van der Waals surface area contributed by atoms with Crippen LogP contribution in [0.1, 0.15) is 25.7 Å². The van der Waals surface area contributed by atoms with Crippen molar-refractivity contribution >= 4 is 23.3 Å². The van der Waals surface area contributed by atoms with E-state index in [9.17, 15) is 9.90 Å². The number of nitrogens with one attached hydrogen (secondary N) is 1. The fourth-order valence-corrected chi connectivity index (χ4v) is 2.79. The van der Waals surface area contributed by atoms with Crippen LogP contribution in [0.25, 0.3) is 0 Å². The van der Waals surface area contributed by atoms with Crippen LogP contribution >= 0.6 is 11.6 Å². The third-order valence-electron chi connectivity index (χ3n) is 3.70. The SMILES string of the molecule is COC1CCCC(Nc2ccccc2Cl)(C(=O)O)C1. The molecule has 19 heavy (non-hydrogen) atoms. The molecule has 0 bridgehead atoms. The molecule has 2 N–H and O–H groups in total. The lowest BCUT2D eigenvalue weighted by molar-refractivity contribution is -0.145. The molecule has 104 valence electrons. The number of benzene rings is 1. The van der Waals surface area contributed by atoms with Gasteiger partial charge >= 0.3 is 5.97 Å². The van der Waals surface area contributed by atoms with Gasteiger partial charge in [0, 0.05) is 13.5 Å². The van der Waals surface area contributed by atoms with Gasteiger partial charge in [-0.2, -0.15) is 0 Å². The van der Waals surface area contributed by atoms with E-state index in [1.807, 2.05) is 12.1 Å². The second-order valence-electron chi connectivity index (χ2n) is 4.95. The van der Waals surface area contributed by atoms with E-state index in [0.29, 0.717) is 23.6 Å². The van der Waals surface area contributed by atoms with Crippen LogP contribution in [-0.4, -0.2) is 29.8 Å². The molecule has 0 radical (unpaired) electrons. The lowest BCUT2D eigenvalue weighted by Crippen LogP contribution is -2.51. The highest BCUT2D eigenvalue weighted by Gasteiger charge is 2.43. The van der Waals surface area contributed by atoms with Crippen LogP contribution in [0.15, 0.2) is 24.3 Å². The first-order valence-corrected chi connectivity index (χ1v) is 6.74. The average molecular weight is 284 g/mol. The molecule has 1 aromatic rings. The Kier molecular flexibility index (Phi) is 4.32. The standard InChI is InChI=1S/C14H18ClNO3/c1-19-10-5-4-8-14(9-10,13(17)18)16-12-7-3-2-6-11(12)15/h2-3,6-7,10,16H,4-5,8-9H2,1H3,(H,17,18). The van der Waals surface area contributed by atoms with Gasteiger partial charge in [0.05, 0.1) is 16.8 Å². The first kappa shape index (κ1) is 14.2. The molecule has 1 fully saturated rings. The summed E-state index contributed by atoms with van der Waals surface area (Å²) in [5, 5.41) is 13.2. The number of ether oxygens (including phenoxy) is 1. The molecule has 2 atom stereocenters. The minimum absolute atomic E-state index is 0.0279. The lowest BCUT2D eigenvalue weighted by atomic mass is 9.79. The zero-order valence-corrected chi connectivity index (χ0v) is 11.6. The van der Waals surface area contributed by atoms with Crippen molar-refractivity contribution < 1.29 is 14.6 Å². The number of hydrogen-bond acceptors (Lipinski definition) is 3. The number of para-hydroxylation sites is 1. The summed E-state index contributed by atoms with van der Waals surface area (Å²) in [6.45, 7) is 0. The maximum absolute atomic E-state index is 11.7. The van der Waals surface area contributed by atoms with Crippen LogP contribution in [0, 0.1) is 0 Å². The van der Waals surface area contributed by atoms with E-state index in [4.69, 9.17) is 16.3 Å². The van der Waals surface area contributed by atoms with E-state index in [2.05, 4.69) is 5.32 Å². The van der Waals surface area contributed by atoms with Gasteiger partial charge in [-0.3, -0.25) is 0 Å². The number of carboxylic acids is 1.